The Morgan fingerprint density at radius 2 is 1.50 bits per heavy atom. The van der Waals surface area contributed by atoms with E-state index in [1.165, 1.54) is 44.2 Å². The van der Waals surface area contributed by atoms with Crippen molar-refractivity contribution in [2.45, 2.75) is 56.8 Å². The van der Waals surface area contributed by atoms with Crippen LogP contribution in [0.4, 0.5) is 0 Å². The molecule has 0 atom stereocenters. The molecule has 1 aromatic carbocycles. The van der Waals surface area contributed by atoms with Crippen LogP contribution >= 0.6 is 0 Å². The number of rotatable bonds is 8. The van der Waals surface area contributed by atoms with Crippen LogP contribution in [-0.4, -0.2) is 8.42 Å². The molecule has 0 aliphatic rings. The highest BCUT2D eigenvalue weighted by molar-refractivity contribution is 7.88. The minimum absolute atomic E-state index is 0.0780. The second kappa shape index (κ2) is 7.54. The highest BCUT2D eigenvalue weighted by Gasteiger charge is 2.07. The van der Waals surface area contributed by atoms with Gasteiger partial charge in [0.05, 0.1) is 4.90 Å². The molecule has 0 saturated carbocycles. The van der Waals surface area contributed by atoms with Crippen LogP contribution in [0.2, 0.25) is 0 Å². The summed E-state index contributed by atoms with van der Waals surface area (Å²) >= 11 is 0. The summed E-state index contributed by atoms with van der Waals surface area (Å²) in [6.07, 6.45) is 8.55. The van der Waals surface area contributed by atoms with Crippen LogP contribution in [0.15, 0.2) is 29.2 Å². The van der Waals surface area contributed by atoms with Crippen molar-refractivity contribution in [2.24, 2.45) is 0 Å². The van der Waals surface area contributed by atoms with E-state index >= 15 is 0 Å². The molecular formula is C14H22NO2S. The van der Waals surface area contributed by atoms with E-state index in [-0.39, 0.29) is 4.90 Å². The summed E-state index contributed by atoms with van der Waals surface area (Å²) in [6, 6.07) is 6.67. The molecule has 4 heteroatoms. The van der Waals surface area contributed by atoms with Gasteiger partial charge in [0.1, 0.15) is 0 Å². The van der Waals surface area contributed by atoms with Crippen molar-refractivity contribution < 1.29 is 8.42 Å². The molecule has 0 heterocycles. The summed E-state index contributed by atoms with van der Waals surface area (Å²) in [6.45, 7) is 2.21. The van der Waals surface area contributed by atoms with E-state index < -0.39 is 10.0 Å². The zero-order chi connectivity index (χ0) is 13.4. The zero-order valence-electron chi connectivity index (χ0n) is 11.0. The SMILES string of the molecule is CCCCCCCCc1ccc(S([NH])(=O)=O)cc1. The predicted octanol–water partition coefficient (Wildman–Crippen LogP) is 3.56. The van der Waals surface area contributed by atoms with Crippen molar-refractivity contribution >= 4 is 10.0 Å². The Kier molecular flexibility index (Phi) is 6.36. The van der Waals surface area contributed by atoms with Crippen molar-refractivity contribution in [1.82, 2.24) is 5.14 Å². The Balaban J connectivity index is 2.32. The Bertz CT molecular complexity index is 437. The average Bonchev–Trinajstić information content (AvgIpc) is 2.33. The second-order valence-corrected chi connectivity index (χ2v) is 6.14. The van der Waals surface area contributed by atoms with Gasteiger partial charge in [0.25, 0.3) is 10.0 Å². The molecule has 0 saturated heterocycles. The molecule has 3 nitrogen and oxygen atoms in total. The first-order chi connectivity index (χ1) is 8.54. The van der Waals surface area contributed by atoms with Gasteiger partial charge in [-0.15, -0.1) is 5.14 Å². The van der Waals surface area contributed by atoms with Gasteiger partial charge in [-0.3, -0.25) is 0 Å². The molecule has 0 amide bonds. The van der Waals surface area contributed by atoms with Crippen LogP contribution in [0.3, 0.4) is 0 Å². The summed E-state index contributed by atoms with van der Waals surface area (Å²) in [7, 11) is -3.81. The minimum atomic E-state index is -3.81. The molecule has 0 bridgehead atoms. The normalized spacial score (nSPS) is 11.7. The lowest BCUT2D eigenvalue weighted by atomic mass is 10.1. The van der Waals surface area contributed by atoms with E-state index in [9.17, 15) is 8.42 Å². The lowest BCUT2D eigenvalue weighted by molar-refractivity contribution is 0.596. The lowest BCUT2D eigenvalue weighted by Gasteiger charge is -2.03. The minimum Gasteiger partial charge on any atom is -0.206 e. The van der Waals surface area contributed by atoms with E-state index in [0.29, 0.717) is 0 Å². The monoisotopic (exact) mass is 268 g/mol. The number of aryl methyl sites for hydroxylation is 1. The van der Waals surface area contributed by atoms with Gasteiger partial charge in [0.2, 0.25) is 0 Å². The van der Waals surface area contributed by atoms with Crippen LogP contribution in [0.1, 0.15) is 51.0 Å². The number of nitrogens with one attached hydrogen (secondary N) is 1. The van der Waals surface area contributed by atoms with Crippen LogP contribution < -0.4 is 5.14 Å². The van der Waals surface area contributed by atoms with E-state index in [1.807, 2.05) is 12.1 Å². The smallest absolute Gasteiger partial charge is 0.206 e. The fourth-order valence-corrected chi connectivity index (χ4v) is 2.44. The maximum absolute atomic E-state index is 11.0. The third-order valence-corrected chi connectivity index (χ3v) is 3.95. The summed E-state index contributed by atoms with van der Waals surface area (Å²) in [5, 5.41) is 6.95. The molecule has 0 aromatic heterocycles. The highest BCUT2D eigenvalue weighted by atomic mass is 32.2. The molecule has 1 N–H and O–H groups in total. The maximum Gasteiger partial charge on any atom is 0.254 e. The summed E-state index contributed by atoms with van der Waals surface area (Å²) in [5.41, 5.74) is 1.15. The summed E-state index contributed by atoms with van der Waals surface area (Å²) in [4.78, 5) is 0.0780. The number of hydrogen-bond acceptors (Lipinski definition) is 2. The van der Waals surface area contributed by atoms with Crippen LogP contribution in [0, 0.1) is 0 Å². The van der Waals surface area contributed by atoms with Gasteiger partial charge in [-0.1, -0.05) is 51.2 Å². The van der Waals surface area contributed by atoms with Crippen LogP contribution in [-0.2, 0) is 16.4 Å². The molecule has 0 spiro atoms. The van der Waals surface area contributed by atoms with Gasteiger partial charge >= 0.3 is 0 Å². The van der Waals surface area contributed by atoms with E-state index in [2.05, 4.69) is 6.92 Å². The molecule has 0 unspecified atom stereocenters. The summed E-state index contributed by atoms with van der Waals surface area (Å²) < 4.78 is 21.9. The number of unbranched alkanes of at least 4 members (excludes halogenated alkanes) is 5. The Labute approximate surface area is 110 Å². The van der Waals surface area contributed by atoms with Gasteiger partial charge in [-0.2, -0.15) is 0 Å². The van der Waals surface area contributed by atoms with Gasteiger partial charge in [0.15, 0.2) is 0 Å². The van der Waals surface area contributed by atoms with Crippen LogP contribution in [0.25, 0.3) is 0 Å². The Morgan fingerprint density at radius 3 is 2.06 bits per heavy atom. The molecule has 1 rings (SSSR count). The van der Waals surface area contributed by atoms with Crippen molar-refractivity contribution in [3.63, 3.8) is 0 Å². The lowest BCUT2D eigenvalue weighted by Crippen LogP contribution is -2.00. The Morgan fingerprint density at radius 1 is 0.944 bits per heavy atom. The first-order valence-corrected chi connectivity index (χ1v) is 8.11. The molecule has 1 radical (unpaired) electrons. The second-order valence-electron chi connectivity index (χ2n) is 4.67. The first-order valence-electron chi connectivity index (χ1n) is 6.62. The molecule has 0 aliphatic carbocycles. The quantitative estimate of drug-likeness (QED) is 0.677. The number of hydrogen-bond donors (Lipinski definition) is 0. The van der Waals surface area contributed by atoms with Gasteiger partial charge in [-0.25, -0.2) is 8.42 Å². The number of sulfonamides is 1. The molecule has 101 valence electrons. The van der Waals surface area contributed by atoms with Gasteiger partial charge < -0.3 is 0 Å². The molecule has 0 fully saturated rings. The van der Waals surface area contributed by atoms with E-state index in [1.54, 1.807) is 0 Å². The first kappa shape index (κ1) is 15.2. The average molecular weight is 268 g/mol. The molecule has 1 aromatic rings. The van der Waals surface area contributed by atoms with Crippen molar-refractivity contribution in [3.8, 4) is 0 Å². The van der Waals surface area contributed by atoms with Gasteiger partial charge in [-0.05, 0) is 30.5 Å². The fourth-order valence-electron chi connectivity index (χ4n) is 1.94. The van der Waals surface area contributed by atoms with Crippen LogP contribution in [0.5, 0.6) is 0 Å². The predicted molar refractivity (Wildman–Crippen MR) is 73.8 cm³/mol. The van der Waals surface area contributed by atoms with Crippen molar-refractivity contribution in [2.75, 3.05) is 0 Å². The molecular weight excluding hydrogens is 246 g/mol. The fraction of sp³-hybridized carbons (Fsp3) is 0.571. The van der Waals surface area contributed by atoms with E-state index in [4.69, 9.17) is 5.14 Å². The van der Waals surface area contributed by atoms with E-state index in [0.717, 1.165) is 18.4 Å². The molecule has 0 aliphatic heterocycles. The highest BCUT2D eigenvalue weighted by Crippen LogP contribution is 2.13. The molecule has 18 heavy (non-hydrogen) atoms. The summed E-state index contributed by atoms with van der Waals surface area (Å²) in [5.74, 6) is 0. The standard InChI is InChI=1S/C14H22NO2S/c1-2-3-4-5-6-7-8-13-9-11-14(12-10-13)18(15,16)17/h9-12,15H,2-8H2,1H3. The topological polar surface area (TPSA) is 57.9 Å². The number of benzene rings is 1. The Hall–Kier alpha value is -0.870. The zero-order valence-corrected chi connectivity index (χ0v) is 11.8. The third kappa shape index (κ3) is 5.65. The third-order valence-electron chi connectivity index (χ3n) is 3.05. The largest absolute Gasteiger partial charge is 0.254 e. The van der Waals surface area contributed by atoms with Gasteiger partial charge in [0, 0.05) is 0 Å². The van der Waals surface area contributed by atoms with Crippen molar-refractivity contribution in [1.29, 1.82) is 0 Å². The maximum atomic E-state index is 11.0. The van der Waals surface area contributed by atoms with Crippen molar-refractivity contribution in [3.05, 3.63) is 29.8 Å².